The predicted octanol–water partition coefficient (Wildman–Crippen LogP) is 2.62. The largest absolute Gasteiger partial charge is 2.00 e. The second-order valence-electron chi connectivity index (χ2n) is 3.51. The Hall–Kier alpha value is -0.781. The molecular weight excluding hydrogens is 200 g/mol. The van der Waals surface area contributed by atoms with E-state index in [1.807, 2.05) is 0 Å². The first-order chi connectivity index (χ1) is 5.93. The first kappa shape index (κ1) is 8.80. The van der Waals surface area contributed by atoms with Gasteiger partial charge in [-0.15, -0.1) is 0 Å². The summed E-state index contributed by atoms with van der Waals surface area (Å²) < 4.78 is 0. The van der Waals surface area contributed by atoms with Crippen molar-refractivity contribution in [3.63, 3.8) is 0 Å². The minimum Gasteiger partial charge on any atom is -0.210 e. The summed E-state index contributed by atoms with van der Waals surface area (Å²) in [5, 5.41) is 0. The molecule has 0 unspecified atom stereocenters. The fraction of sp³-hybridized carbons (Fsp3) is 0.167. The maximum atomic E-state index is 2.18. The summed E-state index contributed by atoms with van der Waals surface area (Å²) in [4.78, 5) is 0. The average molecular weight is 210 g/mol. The van der Waals surface area contributed by atoms with Gasteiger partial charge >= 0.3 is 17.1 Å². The van der Waals surface area contributed by atoms with Gasteiger partial charge in [-0.3, -0.25) is 0 Å². The first-order valence-corrected chi connectivity index (χ1v) is 4.40. The zero-order valence-electron chi connectivity index (χ0n) is 7.23. The Labute approximate surface area is 88.8 Å². The molecule has 13 heavy (non-hydrogen) atoms. The average Bonchev–Trinajstić information content (AvgIpc) is 2.95. The molecule has 0 fully saturated rings. The molecule has 0 heterocycles. The van der Waals surface area contributed by atoms with E-state index in [4.69, 9.17) is 0 Å². The van der Waals surface area contributed by atoms with E-state index in [0.29, 0.717) is 0 Å². The van der Waals surface area contributed by atoms with Gasteiger partial charge in [0.1, 0.15) is 0 Å². The molecule has 0 amide bonds. The molecule has 0 aliphatic heterocycles. The van der Waals surface area contributed by atoms with Crippen LogP contribution in [0.1, 0.15) is 22.3 Å². The van der Waals surface area contributed by atoms with Crippen LogP contribution in [-0.4, -0.2) is 0 Å². The molecule has 0 saturated heterocycles. The Morgan fingerprint density at radius 1 is 0.846 bits per heavy atom. The predicted molar refractivity (Wildman–Crippen MR) is 49.7 cm³/mol. The van der Waals surface area contributed by atoms with Crippen molar-refractivity contribution in [2.45, 2.75) is 12.8 Å². The quantitative estimate of drug-likeness (QED) is 0.309. The molecule has 2 aromatic rings. The van der Waals surface area contributed by atoms with Crippen molar-refractivity contribution in [3.8, 4) is 0 Å². The van der Waals surface area contributed by atoms with Gasteiger partial charge in [-0.2, -0.15) is 46.5 Å². The molecule has 2 aliphatic rings. The van der Waals surface area contributed by atoms with Crippen LogP contribution in [0.5, 0.6) is 0 Å². The van der Waals surface area contributed by atoms with Crippen LogP contribution >= 0.6 is 0 Å². The van der Waals surface area contributed by atoms with Gasteiger partial charge in [0, 0.05) is 0 Å². The van der Waals surface area contributed by atoms with Crippen molar-refractivity contribution in [2.75, 3.05) is 0 Å². The third-order valence-electron chi connectivity index (χ3n) is 2.53. The molecule has 4 rings (SSSR count). The van der Waals surface area contributed by atoms with E-state index in [1.165, 1.54) is 12.8 Å². The van der Waals surface area contributed by atoms with E-state index in [-0.39, 0.29) is 17.1 Å². The zero-order chi connectivity index (χ0) is 7.97. The van der Waals surface area contributed by atoms with Crippen molar-refractivity contribution in [1.82, 2.24) is 0 Å². The standard InChI is InChI=1S/2C6H5.Fe/c2*1-2-5-4-6(5)3-1;/h2*1-3H,4H2;/q2*-1;+2. The Morgan fingerprint density at radius 2 is 1.31 bits per heavy atom. The monoisotopic (exact) mass is 210 g/mol. The van der Waals surface area contributed by atoms with Crippen LogP contribution in [0.15, 0.2) is 36.4 Å². The van der Waals surface area contributed by atoms with E-state index in [9.17, 15) is 0 Å². The van der Waals surface area contributed by atoms with Gasteiger partial charge < -0.3 is 0 Å². The third kappa shape index (κ3) is 1.77. The number of hydrogen-bond acceptors (Lipinski definition) is 0. The smallest absolute Gasteiger partial charge is 0.210 e. The molecule has 0 N–H and O–H groups in total. The number of hydrogen-bond donors (Lipinski definition) is 0. The zero-order valence-corrected chi connectivity index (χ0v) is 8.34. The molecule has 0 saturated carbocycles. The maximum absolute atomic E-state index is 2.18. The summed E-state index contributed by atoms with van der Waals surface area (Å²) in [6.07, 6.45) is 2.55. The number of rotatable bonds is 0. The summed E-state index contributed by atoms with van der Waals surface area (Å²) in [6.45, 7) is 0. The molecule has 0 spiro atoms. The van der Waals surface area contributed by atoms with E-state index < -0.39 is 0 Å². The summed E-state index contributed by atoms with van der Waals surface area (Å²) >= 11 is 0. The molecule has 0 radical (unpaired) electrons. The minimum absolute atomic E-state index is 0. The summed E-state index contributed by atoms with van der Waals surface area (Å²) in [5.41, 5.74) is 6.20. The van der Waals surface area contributed by atoms with Crippen LogP contribution in [0.25, 0.3) is 0 Å². The molecular formula is C12H10Fe. The number of fused-ring (bicyclic) bond motifs is 2. The Balaban J connectivity index is 0.0000000933. The van der Waals surface area contributed by atoms with Gasteiger partial charge in [-0.05, 0) is 0 Å². The first-order valence-electron chi connectivity index (χ1n) is 4.40. The minimum atomic E-state index is 0. The van der Waals surface area contributed by atoms with E-state index >= 15 is 0 Å². The molecule has 1 heteroatoms. The van der Waals surface area contributed by atoms with Crippen molar-refractivity contribution in [2.24, 2.45) is 0 Å². The topological polar surface area (TPSA) is 0 Å². The Bertz CT molecular complexity index is 333. The van der Waals surface area contributed by atoms with Crippen LogP contribution < -0.4 is 0 Å². The second kappa shape index (κ2) is 3.17. The Morgan fingerprint density at radius 3 is 1.38 bits per heavy atom. The summed E-state index contributed by atoms with van der Waals surface area (Å²) in [5.74, 6) is 0. The van der Waals surface area contributed by atoms with E-state index in [2.05, 4.69) is 36.4 Å². The summed E-state index contributed by atoms with van der Waals surface area (Å²) in [6, 6.07) is 12.9. The van der Waals surface area contributed by atoms with Crippen molar-refractivity contribution in [1.29, 1.82) is 0 Å². The molecule has 0 aromatic heterocycles. The Kier molecular flexibility index (Phi) is 2.15. The molecule has 66 valence electrons. The van der Waals surface area contributed by atoms with Crippen molar-refractivity contribution < 1.29 is 17.1 Å². The molecule has 0 bridgehead atoms. The van der Waals surface area contributed by atoms with Crippen molar-refractivity contribution >= 4 is 0 Å². The van der Waals surface area contributed by atoms with Crippen LogP contribution in [0.4, 0.5) is 0 Å². The fourth-order valence-corrected chi connectivity index (χ4v) is 1.55. The molecule has 0 atom stereocenters. The van der Waals surface area contributed by atoms with Crippen LogP contribution in [0, 0.1) is 0 Å². The van der Waals surface area contributed by atoms with E-state index in [1.54, 1.807) is 22.3 Å². The van der Waals surface area contributed by atoms with Crippen molar-refractivity contribution in [3.05, 3.63) is 58.7 Å². The third-order valence-corrected chi connectivity index (χ3v) is 2.53. The maximum Gasteiger partial charge on any atom is 2.00 e. The molecule has 2 aromatic carbocycles. The van der Waals surface area contributed by atoms with Gasteiger partial charge in [0.15, 0.2) is 0 Å². The van der Waals surface area contributed by atoms with Gasteiger partial charge in [-0.25, -0.2) is 12.1 Å². The van der Waals surface area contributed by atoms with Gasteiger partial charge in [0.25, 0.3) is 0 Å². The normalized spacial score (nSPS) is 12.9. The summed E-state index contributed by atoms with van der Waals surface area (Å²) in [7, 11) is 0. The van der Waals surface area contributed by atoms with Gasteiger partial charge in [-0.1, -0.05) is 12.8 Å². The SMILES string of the molecule is [Fe+2].c1cc2c([cH-]1)C2.c1cc2c([cH-]1)C2. The van der Waals surface area contributed by atoms with E-state index in [0.717, 1.165) is 0 Å². The van der Waals surface area contributed by atoms with Crippen LogP contribution in [0.2, 0.25) is 0 Å². The molecule has 0 nitrogen and oxygen atoms in total. The van der Waals surface area contributed by atoms with Crippen LogP contribution in [-0.2, 0) is 29.9 Å². The molecule has 2 aliphatic carbocycles. The fourth-order valence-electron chi connectivity index (χ4n) is 1.55. The van der Waals surface area contributed by atoms with Gasteiger partial charge in [0.05, 0.1) is 0 Å². The van der Waals surface area contributed by atoms with Gasteiger partial charge in [0.2, 0.25) is 0 Å². The van der Waals surface area contributed by atoms with Crippen LogP contribution in [0.3, 0.4) is 0 Å². The second-order valence-corrected chi connectivity index (χ2v) is 3.51.